The third-order valence-electron chi connectivity index (χ3n) is 5.61. The molecule has 1 saturated carbocycles. The number of carboxylic acid groups (broad SMARTS) is 1. The molecule has 2 fully saturated rings. The molecule has 1 aromatic heterocycles. The van der Waals surface area contributed by atoms with Crippen LogP contribution in [0, 0.1) is 5.92 Å². The lowest BCUT2D eigenvalue weighted by Crippen LogP contribution is -2.55. The topological polar surface area (TPSA) is 140 Å². The number of rotatable bonds is 9. The van der Waals surface area contributed by atoms with E-state index in [0.29, 0.717) is 31.2 Å². The number of alkyl halides is 2. The Kier molecular flexibility index (Phi) is 6.98. The molecular weight excluding hydrogens is 454 g/mol. The predicted octanol–water partition coefficient (Wildman–Crippen LogP) is 2.25. The van der Waals surface area contributed by atoms with Crippen molar-refractivity contribution in [1.29, 1.82) is 0 Å². The first-order valence-electron chi connectivity index (χ1n) is 11.0. The molecule has 2 heterocycles. The minimum Gasteiger partial charge on any atom is -0.489 e. The average Bonchev–Trinajstić information content (AvgIpc) is 3.52. The lowest BCUT2D eigenvalue weighted by atomic mass is 10.1. The van der Waals surface area contributed by atoms with Gasteiger partial charge in [0.25, 0.3) is 5.91 Å². The number of aliphatic carboxylic acids is 1. The average molecular weight is 480 g/mol. The molecule has 1 amide bonds. The Balaban J connectivity index is 1.63. The second-order valence-corrected chi connectivity index (χ2v) is 8.41. The molecule has 34 heavy (non-hydrogen) atoms. The van der Waals surface area contributed by atoms with Crippen LogP contribution in [-0.4, -0.2) is 65.8 Å². The van der Waals surface area contributed by atoms with E-state index in [9.17, 15) is 23.5 Å². The molecule has 4 rings (SSSR count). The molecule has 0 bridgehead atoms. The molecule has 1 aliphatic carbocycles. The summed E-state index contributed by atoms with van der Waals surface area (Å²) in [7, 11) is 0. The third-order valence-corrected chi connectivity index (χ3v) is 5.61. The number of benzene rings is 1. The number of halogens is 2. The monoisotopic (exact) mass is 480 g/mol. The lowest BCUT2D eigenvalue weighted by molar-refractivity contribution is -0.140. The van der Waals surface area contributed by atoms with Gasteiger partial charge in [0.1, 0.15) is 6.04 Å². The Labute approximate surface area is 194 Å². The number of amides is 1. The first-order chi connectivity index (χ1) is 16.2. The fourth-order valence-electron chi connectivity index (χ4n) is 3.61. The van der Waals surface area contributed by atoms with E-state index in [0.717, 1.165) is 12.8 Å². The van der Waals surface area contributed by atoms with E-state index in [1.165, 1.54) is 23.1 Å². The molecule has 0 radical (unpaired) electrons. The number of carbonyl (C=O) groups excluding carboxylic acids is 1. The summed E-state index contributed by atoms with van der Waals surface area (Å²) >= 11 is 0. The summed E-state index contributed by atoms with van der Waals surface area (Å²) in [5.74, 6) is -0.986. The molecule has 2 unspecified atom stereocenters. The number of carbonyl (C=O) groups is 2. The van der Waals surface area contributed by atoms with Gasteiger partial charge in [0.15, 0.2) is 23.0 Å². The maximum absolute atomic E-state index is 13.2. The van der Waals surface area contributed by atoms with Gasteiger partial charge < -0.3 is 34.9 Å². The van der Waals surface area contributed by atoms with Gasteiger partial charge >= 0.3 is 12.6 Å². The number of nitrogens with one attached hydrogen (secondary N) is 1. The molecule has 1 aromatic carbocycles. The zero-order valence-electron chi connectivity index (χ0n) is 18.5. The van der Waals surface area contributed by atoms with Crippen LogP contribution in [0.25, 0.3) is 11.5 Å². The highest BCUT2D eigenvalue weighted by Crippen LogP contribution is 2.37. The molecule has 2 aliphatic rings. The van der Waals surface area contributed by atoms with Crippen LogP contribution in [0.3, 0.4) is 0 Å². The van der Waals surface area contributed by atoms with E-state index in [1.54, 1.807) is 6.92 Å². The maximum atomic E-state index is 13.2. The van der Waals surface area contributed by atoms with Crippen molar-refractivity contribution in [3.8, 4) is 23.0 Å². The van der Waals surface area contributed by atoms with Gasteiger partial charge in [-0.25, -0.2) is 4.98 Å². The Morgan fingerprint density at radius 1 is 1.35 bits per heavy atom. The Morgan fingerprint density at radius 3 is 2.76 bits per heavy atom. The number of hydrogen-bond acceptors (Lipinski definition) is 8. The molecule has 10 nitrogen and oxygen atoms in total. The van der Waals surface area contributed by atoms with Gasteiger partial charge in [0.05, 0.1) is 12.6 Å². The van der Waals surface area contributed by atoms with E-state index >= 15 is 0 Å². The van der Waals surface area contributed by atoms with Gasteiger partial charge in [-0.15, -0.1) is 0 Å². The SMILES string of the molecule is CC(N)c1oc(-c2ccc(OC(F)F)c(OCC3CC3)c2)nc1C(=O)N1CCNC(C(=O)O)C1. The second-order valence-electron chi connectivity index (χ2n) is 8.41. The normalized spacial score (nSPS) is 19.2. The molecule has 184 valence electrons. The summed E-state index contributed by atoms with van der Waals surface area (Å²) in [5.41, 5.74) is 6.37. The van der Waals surface area contributed by atoms with E-state index in [-0.39, 0.29) is 35.4 Å². The summed E-state index contributed by atoms with van der Waals surface area (Å²) in [5, 5.41) is 12.1. The van der Waals surface area contributed by atoms with Gasteiger partial charge in [0, 0.05) is 25.2 Å². The number of aromatic nitrogens is 1. The first-order valence-corrected chi connectivity index (χ1v) is 11.0. The molecule has 12 heteroatoms. The number of oxazole rings is 1. The molecule has 1 aliphatic heterocycles. The molecule has 2 atom stereocenters. The zero-order chi connectivity index (χ0) is 24.4. The number of carboxylic acids is 1. The summed E-state index contributed by atoms with van der Waals surface area (Å²) < 4.78 is 41.7. The van der Waals surface area contributed by atoms with Gasteiger partial charge in [0.2, 0.25) is 5.89 Å². The van der Waals surface area contributed by atoms with E-state index < -0.39 is 30.6 Å². The van der Waals surface area contributed by atoms with Gasteiger partial charge in [-0.3, -0.25) is 9.59 Å². The first kappa shape index (κ1) is 23.9. The van der Waals surface area contributed by atoms with Crippen LogP contribution >= 0.6 is 0 Å². The second kappa shape index (κ2) is 9.94. The van der Waals surface area contributed by atoms with Gasteiger partial charge in [-0.05, 0) is 43.9 Å². The summed E-state index contributed by atoms with van der Waals surface area (Å²) in [4.78, 5) is 30.2. The van der Waals surface area contributed by atoms with Gasteiger partial charge in [-0.1, -0.05) is 0 Å². The fraction of sp³-hybridized carbons (Fsp3) is 0.500. The molecule has 4 N–H and O–H groups in total. The molecule has 1 saturated heterocycles. The molecule has 2 aromatic rings. The van der Waals surface area contributed by atoms with Crippen LogP contribution in [0.2, 0.25) is 0 Å². The fourth-order valence-corrected chi connectivity index (χ4v) is 3.61. The van der Waals surface area contributed by atoms with Crippen molar-refractivity contribution in [2.75, 3.05) is 26.2 Å². The Morgan fingerprint density at radius 2 is 2.12 bits per heavy atom. The quantitative estimate of drug-likeness (QED) is 0.493. The van der Waals surface area contributed by atoms with Crippen LogP contribution in [0.4, 0.5) is 8.78 Å². The lowest BCUT2D eigenvalue weighted by Gasteiger charge is -2.31. The summed E-state index contributed by atoms with van der Waals surface area (Å²) in [6.07, 6.45) is 2.03. The van der Waals surface area contributed by atoms with Crippen molar-refractivity contribution in [3.05, 3.63) is 29.7 Å². The van der Waals surface area contributed by atoms with Crippen molar-refractivity contribution in [3.63, 3.8) is 0 Å². The Bertz CT molecular complexity index is 1060. The molecular formula is C22H26F2N4O6. The highest BCUT2D eigenvalue weighted by Gasteiger charge is 2.33. The minimum atomic E-state index is -3.02. The number of hydrogen-bond donors (Lipinski definition) is 3. The number of nitrogens with two attached hydrogens (primary N) is 1. The highest BCUT2D eigenvalue weighted by atomic mass is 19.3. The van der Waals surface area contributed by atoms with Crippen LogP contribution in [-0.2, 0) is 4.79 Å². The smallest absolute Gasteiger partial charge is 0.387 e. The third kappa shape index (κ3) is 5.45. The highest BCUT2D eigenvalue weighted by molar-refractivity contribution is 5.94. The largest absolute Gasteiger partial charge is 0.489 e. The Hall–Kier alpha value is -3.25. The van der Waals surface area contributed by atoms with Crippen LogP contribution in [0.15, 0.2) is 22.6 Å². The summed E-state index contributed by atoms with van der Waals surface area (Å²) in [6.45, 7) is -0.442. The molecule has 0 spiro atoms. The van der Waals surface area contributed by atoms with Crippen LogP contribution in [0.1, 0.15) is 42.1 Å². The number of piperazine rings is 1. The van der Waals surface area contributed by atoms with E-state index in [1.807, 2.05) is 0 Å². The van der Waals surface area contributed by atoms with Crippen molar-refractivity contribution < 1.29 is 37.4 Å². The van der Waals surface area contributed by atoms with Gasteiger partial charge in [-0.2, -0.15) is 8.78 Å². The number of ether oxygens (including phenoxy) is 2. The summed E-state index contributed by atoms with van der Waals surface area (Å²) in [6, 6.07) is 2.70. The van der Waals surface area contributed by atoms with Crippen LogP contribution < -0.4 is 20.5 Å². The van der Waals surface area contributed by atoms with Crippen LogP contribution in [0.5, 0.6) is 11.5 Å². The maximum Gasteiger partial charge on any atom is 0.387 e. The van der Waals surface area contributed by atoms with Crippen molar-refractivity contribution in [2.24, 2.45) is 11.7 Å². The standard InChI is InChI=1S/C22H26F2N4O6/c1-11(25)18-17(20(29)28-7-6-26-14(9-28)21(30)31)27-19(34-18)13-4-5-15(33-22(23)24)16(8-13)32-10-12-2-3-12/h4-5,8,11-12,14,22,26H,2-3,6-7,9-10,25H2,1H3,(H,30,31). The zero-order valence-corrected chi connectivity index (χ0v) is 18.5. The van der Waals surface area contributed by atoms with Crippen molar-refractivity contribution in [1.82, 2.24) is 15.2 Å². The van der Waals surface area contributed by atoms with E-state index in [2.05, 4.69) is 15.0 Å². The van der Waals surface area contributed by atoms with Crippen molar-refractivity contribution >= 4 is 11.9 Å². The number of nitrogens with zero attached hydrogens (tertiary/aromatic N) is 2. The van der Waals surface area contributed by atoms with E-state index in [4.69, 9.17) is 14.9 Å². The van der Waals surface area contributed by atoms with Crippen molar-refractivity contribution in [2.45, 2.75) is 38.5 Å². The predicted molar refractivity (Wildman–Crippen MR) is 115 cm³/mol. The minimum absolute atomic E-state index is 0.0237.